The molecule has 20 heavy (non-hydrogen) atoms. The van der Waals surface area contributed by atoms with Crippen molar-refractivity contribution in [2.24, 2.45) is 7.05 Å². The molecule has 0 saturated heterocycles. The molecule has 0 atom stereocenters. The Morgan fingerprint density at radius 3 is 2.85 bits per heavy atom. The van der Waals surface area contributed by atoms with Gasteiger partial charge in [-0.2, -0.15) is 0 Å². The number of nitrogens with zero attached hydrogens (tertiary/aromatic N) is 4. The van der Waals surface area contributed by atoms with Crippen LogP contribution in [-0.2, 0) is 7.05 Å². The molecule has 1 N–H and O–H groups in total. The van der Waals surface area contributed by atoms with Crippen molar-refractivity contribution in [2.45, 2.75) is 17.1 Å². The summed E-state index contributed by atoms with van der Waals surface area (Å²) in [5.74, 6) is 0.655. The lowest BCUT2D eigenvalue weighted by molar-refractivity contribution is 0.789. The summed E-state index contributed by atoms with van der Waals surface area (Å²) >= 11 is 1.55. The first-order valence-electron chi connectivity index (χ1n) is 6.43. The molecule has 0 bridgehead atoms. The van der Waals surface area contributed by atoms with Gasteiger partial charge in [-0.15, -0.1) is 0 Å². The van der Waals surface area contributed by atoms with Crippen LogP contribution < -0.4 is 5.32 Å². The highest BCUT2D eigenvalue weighted by molar-refractivity contribution is 7.99. The Morgan fingerprint density at radius 1 is 1.25 bits per heavy atom. The number of aryl methyl sites for hydroxylation is 1. The van der Waals surface area contributed by atoms with E-state index < -0.39 is 0 Å². The van der Waals surface area contributed by atoms with Crippen LogP contribution in [0.2, 0.25) is 0 Å². The molecule has 3 rings (SSSR count). The average Bonchev–Trinajstić information content (AvgIpc) is 2.85. The van der Waals surface area contributed by atoms with E-state index in [-0.39, 0.29) is 0 Å². The zero-order valence-electron chi connectivity index (χ0n) is 11.4. The molecule has 0 fully saturated rings. The molecule has 0 unspecified atom stereocenters. The lowest BCUT2D eigenvalue weighted by Crippen LogP contribution is -2.03. The van der Waals surface area contributed by atoms with Crippen molar-refractivity contribution in [1.82, 2.24) is 19.5 Å². The fourth-order valence-electron chi connectivity index (χ4n) is 1.90. The number of hydrogen-bond donors (Lipinski definition) is 1. The Balaban J connectivity index is 2.09. The van der Waals surface area contributed by atoms with Gasteiger partial charge in [-0.3, -0.25) is 0 Å². The first-order chi connectivity index (χ1) is 9.78. The van der Waals surface area contributed by atoms with Crippen LogP contribution in [0.5, 0.6) is 0 Å². The van der Waals surface area contributed by atoms with Crippen molar-refractivity contribution >= 4 is 28.6 Å². The Bertz CT molecular complexity index is 737. The molecule has 5 nitrogen and oxygen atoms in total. The summed E-state index contributed by atoms with van der Waals surface area (Å²) in [4.78, 5) is 13.4. The van der Waals surface area contributed by atoms with E-state index in [1.54, 1.807) is 18.0 Å². The molecule has 102 valence electrons. The maximum absolute atomic E-state index is 4.59. The van der Waals surface area contributed by atoms with E-state index in [0.29, 0.717) is 5.95 Å². The van der Waals surface area contributed by atoms with Crippen molar-refractivity contribution in [3.05, 3.63) is 36.7 Å². The number of imidazole rings is 1. The van der Waals surface area contributed by atoms with E-state index >= 15 is 0 Å². The van der Waals surface area contributed by atoms with E-state index in [1.165, 1.54) is 0 Å². The molecule has 0 saturated carbocycles. The van der Waals surface area contributed by atoms with E-state index in [9.17, 15) is 0 Å². The Morgan fingerprint density at radius 2 is 2.10 bits per heavy atom. The third-order valence-electron chi connectivity index (χ3n) is 2.87. The monoisotopic (exact) mass is 285 g/mol. The second-order valence-corrected chi connectivity index (χ2v) is 5.28. The van der Waals surface area contributed by atoms with Gasteiger partial charge >= 0.3 is 0 Å². The average molecular weight is 285 g/mol. The fraction of sp³-hybridized carbons (Fsp3) is 0.214. The molecule has 1 aromatic carbocycles. The number of aromatic nitrogens is 4. The van der Waals surface area contributed by atoms with Crippen LogP contribution in [0.3, 0.4) is 0 Å². The van der Waals surface area contributed by atoms with Crippen molar-refractivity contribution in [3.8, 4) is 0 Å². The number of rotatable bonds is 4. The largest absolute Gasteiger partial charge is 0.354 e. The van der Waals surface area contributed by atoms with Crippen molar-refractivity contribution < 1.29 is 0 Å². The van der Waals surface area contributed by atoms with Crippen molar-refractivity contribution in [1.29, 1.82) is 0 Å². The summed E-state index contributed by atoms with van der Waals surface area (Å²) in [6.07, 6.45) is 3.72. The molecule has 0 spiro atoms. The van der Waals surface area contributed by atoms with E-state index in [1.807, 2.05) is 49.0 Å². The smallest absolute Gasteiger partial charge is 0.224 e. The number of fused-ring (bicyclic) bond motifs is 1. The normalized spacial score (nSPS) is 10.9. The SMILES string of the molecule is CCNc1nc(Sc2nccn2C)c2ccccc2n1. The first kappa shape index (κ1) is 12.9. The van der Waals surface area contributed by atoms with Crippen molar-refractivity contribution in [2.75, 3.05) is 11.9 Å². The van der Waals surface area contributed by atoms with Gasteiger partial charge in [0.15, 0.2) is 5.16 Å². The molecule has 0 aliphatic carbocycles. The highest BCUT2D eigenvalue weighted by atomic mass is 32.2. The zero-order valence-corrected chi connectivity index (χ0v) is 12.2. The third-order valence-corrected chi connectivity index (χ3v) is 3.95. The maximum atomic E-state index is 4.59. The van der Waals surface area contributed by atoms with Gasteiger partial charge in [0.1, 0.15) is 5.03 Å². The Kier molecular flexibility index (Phi) is 3.56. The number of hydrogen-bond acceptors (Lipinski definition) is 5. The molecule has 2 heterocycles. The van der Waals surface area contributed by atoms with Gasteiger partial charge in [0.2, 0.25) is 5.95 Å². The Hall–Kier alpha value is -2.08. The highest BCUT2D eigenvalue weighted by Gasteiger charge is 2.11. The third kappa shape index (κ3) is 2.46. The summed E-state index contributed by atoms with van der Waals surface area (Å²) in [7, 11) is 1.98. The minimum atomic E-state index is 0.655. The van der Waals surface area contributed by atoms with Crippen LogP contribution in [0.4, 0.5) is 5.95 Å². The zero-order chi connectivity index (χ0) is 13.9. The molecular formula is C14H15N5S. The van der Waals surface area contributed by atoms with Crippen LogP contribution in [0, 0.1) is 0 Å². The molecule has 0 aliphatic rings. The summed E-state index contributed by atoms with van der Waals surface area (Å²) in [6, 6.07) is 8.03. The van der Waals surface area contributed by atoms with Crippen LogP contribution in [-0.4, -0.2) is 26.1 Å². The van der Waals surface area contributed by atoms with Gasteiger partial charge in [0.25, 0.3) is 0 Å². The molecule has 0 radical (unpaired) electrons. The second-order valence-electron chi connectivity index (χ2n) is 4.32. The van der Waals surface area contributed by atoms with Gasteiger partial charge in [0, 0.05) is 31.4 Å². The summed E-state index contributed by atoms with van der Waals surface area (Å²) in [5.41, 5.74) is 0.940. The fourth-order valence-corrected chi connectivity index (χ4v) is 2.81. The Labute approximate surface area is 121 Å². The van der Waals surface area contributed by atoms with E-state index in [0.717, 1.165) is 27.6 Å². The van der Waals surface area contributed by atoms with Gasteiger partial charge in [-0.1, -0.05) is 18.2 Å². The number of para-hydroxylation sites is 1. The summed E-state index contributed by atoms with van der Waals surface area (Å²) in [5, 5.41) is 6.05. The topological polar surface area (TPSA) is 55.6 Å². The molecular weight excluding hydrogens is 270 g/mol. The van der Waals surface area contributed by atoms with Crippen LogP contribution >= 0.6 is 11.8 Å². The minimum Gasteiger partial charge on any atom is -0.354 e. The number of nitrogens with one attached hydrogen (secondary N) is 1. The standard InChI is InChI=1S/C14H15N5S/c1-3-15-13-17-11-7-5-4-6-10(11)12(18-13)20-14-16-8-9-19(14)2/h4-9H,3H2,1-2H3,(H,15,17,18). The molecule has 2 aromatic heterocycles. The minimum absolute atomic E-state index is 0.655. The van der Waals surface area contributed by atoms with Crippen molar-refractivity contribution in [3.63, 3.8) is 0 Å². The van der Waals surface area contributed by atoms with Crippen LogP contribution in [0.15, 0.2) is 46.8 Å². The van der Waals surface area contributed by atoms with Gasteiger partial charge in [-0.05, 0) is 24.8 Å². The first-order valence-corrected chi connectivity index (χ1v) is 7.25. The predicted octanol–water partition coefficient (Wildman–Crippen LogP) is 2.95. The summed E-state index contributed by atoms with van der Waals surface area (Å²) in [6.45, 7) is 2.83. The predicted molar refractivity (Wildman–Crippen MR) is 81.0 cm³/mol. The highest BCUT2D eigenvalue weighted by Crippen LogP contribution is 2.30. The van der Waals surface area contributed by atoms with Crippen LogP contribution in [0.25, 0.3) is 10.9 Å². The lowest BCUT2D eigenvalue weighted by Gasteiger charge is -2.08. The van der Waals surface area contributed by atoms with E-state index in [2.05, 4.69) is 20.3 Å². The van der Waals surface area contributed by atoms with Gasteiger partial charge < -0.3 is 9.88 Å². The second kappa shape index (κ2) is 5.50. The molecule has 6 heteroatoms. The molecule has 0 amide bonds. The lowest BCUT2D eigenvalue weighted by atomic mass is 10.2. The molecule has 0 aliphatic heterocycles. The number of benzene rings is 1. The number of anilines is 1. The summed E-state index contributed by atoms with van der Waals surface area (Å²) < 4.78 is 1.98. The van der Waals surface area contributed by atoms with Gasteiger partial charge in [-0.25, -0.2) is 15.0 Å². The van der Waals surface area contributed by atoms with Crippen LogP contribution in [0.1, 0.15) is 6.92 Å². The molecule has 3 aromatic rings. The maximum Gasteiger partial charge on any atom is 0.224 e. The van der Waals surface area contributed by atoms with Gasteiger partial charge in [0.05, 0.1) is 5.52 Å². The van der Waals surface area contributed by atoms with E-state index in [4.69, 9.17) is 0 Å². The quantitative estimate of drug-likeness (QED) is 0.747.